The maximum absolute atomic E-state index is 11.9. The molecule has 2 N–H and O–H groups in total. The highest BCUT2D eigenvalue weighted by molar-refractivity contribution is 5.76. The van der Waals surface area contributed by atoms with Crippen molar-refractivity contribution < 1.29 is 4.79 Å². The molecular formula is C13H26N2O. The van der Waals surface area contributed by atoms with Crippen molar-refractivity contribution in [3.8, 4) is 0 Å². The van der Waals surface area contributed by atoms with E-state index in [0.29, 0.717) is 24.3 Å². The van der Waals surface area contributed by atoms with Crippen LogP contribution in [0.1, 0.15) is 41.0 Å². The summed E-state index contributed by atoms with van der Waals surface area (Å²) in [7, 11) is 0. The Hall–Kier alpha value is -0.570. The molecule has 1 amide bonds. The van der Waals surface area contributed by atoms with Crippen LogP contribution in [0.15, 0.2) is 0 Å². The molecule has 1 aliphatic rings. The molecule has 94 valence electrons. The quantitative estimate of drug-likeness (QED) is 0.770. The zero-order valence-corrected chi connectivity index (χ0v) is 11.3. The van der Waals surface area contributed by atoms with Crippen LogP contribution in [0.2, 0.25) is 0 Å². The molecule has 16 heavy (non-hydrogen) atoms. The van der Waals surface area contributed by atoms with E-state index in [9.17, 15) is 4.79 Å². The van der Waals surface area contributed by atoms with Gasteiger partial charge in [-0.2, -0.15) is 0 Å². The van der Waals surface area contributed by atoms with E-state index in [4.69, 9.17) is 0 Å². The summed E-state index contributed by atoms with van der Waals surface area (Å²) in [6.07, 6.45) is 0.632. The minimum atomic E-state index is 0.197. The summed E-state index contributed by atoms with van der Waals surface area (Å²) in [6, 6.07) is 0.319. The number of hydrogen-bond donors (Lipinski definition) is 2. The third-order valence-electron chi connectivity index (χ3n) is 3.83. The van der Waals surface area contributed by atoms with Crippen LogP contribution in [0.3, 0.4) is 0 Å². The first kappa shape index (κ1) is 13.5. The van der Waals surface area contributed by atoms with Crippen molar-refractivity contribution in [2.24, 2.45) is 17.3 Å². The predicted molar refractivity (Wildman–Crippen MR) is 67.2 cm³/mol. The minimum absolute atomic E-state index is 0.197. The van der Waals surface area contributed by atoms with Gasteiger partial charge in [0.2, 0.25) is 5.91 Å². The van der Waals surface area contributed by atoms with Gasteiger partial charge in [-0.1, -0.05) is 34.6 Å². The van der Waals surface area contributed by atoms with E-state index in [0.717, 1.165) is 13.1 Å². The molecule has 3 heteroatoms. The van der Waals surface area contributed by atoms with Crippen LogP contribution in [-0.4, -0.2) is 25.0 Å². The molecule has 0 saturated carbocycles. The molecular weight excluding hydrogens is 200 g/mol. The largest absolute Gasteiger partial charge is 0.352 e. The second-order valence-electron chi connectivity index (χ2n) is 6.28. The van der Waals surface area contributed by atoms with Crippen LogP contribution in [0, 0.1) is 17.3 Å². The Morgan fingerprint density at radius 2 is 2.06 bits per heavy atom. The van der Waals surface area contributed by atoms with Gasteiger partial charge in [-0.3, -0.25) is 4.79 Å². The van der Waals surface area contributed by atoms with Crippen molar-refractivity contribution in [3.05, 3.63) is 0 Å². The van der Waals surface area contributed by atoms with Crippen molar-refractivity contribution in [1.82, 2.24) is 10.6 Å². The third kappa shape index (κ3) is 3.78. The zero-order valence-electron chi connectivity index (χ0n) is 11.3. The van der Waals surface area contributed by atoms with Crippen molar-refractivity contribution in [1.29, 1.82) is 0 Å². The van der Waals surface area contributed by atoms with E-state index in [2.05, 4.69) is 45.3 Å². The fourth-order valence-corrected chi connectivity index (χ4v) is 1.85. The lowest BCUT2D eigenvalue weighted by molar-refractivity contribution is -0.123. The average Bonchev–Trinajstić information content (AvgIpc) is 2.50. The molecule has 1 saturated heterocycles. The summed E-state index contributed by atoms with van der Waals surface area (Å²) in [5.74, 6) is 1.16. The van der Waals surface area contributed by atoms with Crippen molar-refractivity contribution in [2.75, 3.05) is 13.1 Å². The predicted octanol–water partition coefficient (Wildman–Crippen LogP) is 1.78. The zero-order chi connectivity index (χ0) is 12.3. The standard InChI is InChI=1S/C13H26N2O/c1-9-7-14-8-11(9)15-12(16)6-10(2)13(3,4)5/h9-11,14H,6-8H2,1-5H3,(H,15,16). The Morgan fingerprint density at radius 3 is 2.50 bits per heavy atom. The SMILES string of the molecule is CC1CNCC1NC(=O)CC(C)C(C)(C)C. The first-order chi connectivity index (χ1) is 7.30. The number of nitrogens with one attached hydrogen (secondary N) is 2. The molecule has 0 aromatic heterocycles. The van der Waals surface area contributed by atoms with E-state index < -0.39 is 0 Å². The summed E-state index contributed by atoms with van der Waals surface area (Å²) in [6.45, 7) is 12.8. The number of carbonyl (C=O) groups is 1. The maximum atomic E-state index is 11.9. The van der Waals surface area contributed by atoms with E-state index in [1.807, 2.05) is 0 Å². The molecule has 3 nitrogen and oxygen atoms in total. The Kier molecular flexibility index (Phi) is 4.36. The Bertz CT molecular complexity index is 239. The van der Waals surface area contributed by atoms with Gasteiger partial charge in [0.15, 0.2) is 0 Å². The smallest absolute Gasteiger partial charge is 0.220 e. The highest BCUT2D eigenvalue weighted by atomic mass is 16.1. The molecule has 0 aromatic rings. The summed E-state index contributed by atoms with van der Waals surface area (Å²) < 4.78 is 0. The van der Waals surface area contributed by atoms with Crippen LogP contribution in [0.5, 0.6) is 0 Å². The third-order valence-corrected chi connectivity index (χ3v) is 3.83. The van der Waals surface area contributed by atoms with Crippen LogP contribution >= 0.6 is 0 Å². The highest BCUT2D eigenvalue weighted by Gasteiger charge is 2.27. The van der Waals surface area contributed by atoms with Gasteiger partial charge in [-0.25, -0.2) is 0 Å². The lowest BCUT2D eigenvalue weighted by Gasteiger charge is -2.27. The summed E-state index contributed by atoms with van der Waals surface area (Å²) in [4.78, 5) is 11.9. The van der Waals surface area contributed by atoms with Gasteiger partial charge in [-0.15, -0.1) is 0 Å². The highest BCUT2D eigenvalue weighted by Crippen LogP contribution is 2.27. The van der Waals surface area contributed by atoms with Crippen LogP contribution < -0.4 is 10.6 Å². The fourth-order valence-electron chi connectivity index (χ4n) is 1.85. The van der Waals surface area contributed by atoms with E-state index in [1.54, 1.807) is 0 Å². The molecule has 0 aromatic carbocycles. The Morgan fingerprint density at radius 1 is 1.44 bits per heavy atom. The van der Waals surface area contributed by atoms with Gasteiger partial charge in [-0.05, 0) is 23.8 Å². The molecule has 1 rings (SSSR count). The Balaban J connectivity index is 2.36. The van der Waals surface area contributed by atoms with Crippen molar-refractivity contribution in [3.63, 3.8) is 0 Å². The summed E-state index contributed by atoms with van der Waals surface area (Å²) >= 11 is 0. The molecule has 0 bridgehead atoms. The molecule has 1 heterocycles. The lowest BCUT2D eigenvalue weighted by Crippen LogP contribution is -2.40. The van der Waals surface area contributed by atoms with E-state index in [-0.39, 0.29) is 11.3 Å². The molecule has 0 aliphatic carbocycles. The van der Waals surface area contributed by atoms with Gasteiger partial charge in [0.05, 0.1) is 0 Å². The van der Waals surface area contributed by atoms with Crippen molar-refractivity contribution in [2.45, 2.75) is 47.1 Å². The van der Waals surface area contributed by atoms with Crippen LogP contribution in [0.25, 0.3) is 0 Å². The lowest BCUT2D eigenvalue weighted by atomic mass is 9.80. The van der Waals surface area contributed by atoms with Gasteiger partial charge in [0, 0.05) is 19.0 Å². The second kappa shape index (κ2) is 5.17. The molecule has 3 unspecified atom stereocenters. The summed E-state index contributed by atoms with van der Waals surface area (Å²) in [5.41, 5.74) is 0.205. The molecule has 1 fully saturated rings. The molecule has 3 atom stereocenters. The number of carbonyl (C=O) groups excluding carboxylic acids is 1. The summed E-state index contributed by atoms with van der Waals surface area (Å²) in [5, 5.41) is 6.43. The van der Waals surface area contributed by atoms with Crippen molar-refractivity contribution >= 4 is 5.91 Å². The molecule has 0 spiro atoms. The van der Waals surface area contributed by atoms with Gasteiger partial charge in [0.1, 0.15) is 0 Å². The van der Waals surface area contributed by atoms with Crippen LogP contribution in [0.4, 0.5) is 0 Å². The number of amides is 1. The minimum Gasteiger partial charge on any atom is -0.352 e. The van der Waals surface area contributed by atoms with Gasteiger partial charge >= 0.3 is 0 Å². The molecule has 1 aliphatic heterocycles. The topological polar surface area (TPSA) is 41.1 Å². The number of hydrogen-bond acceptors (Lipinski definition) is 2. The molecule has 0 radical (unpaired) electrons. The normalized spacial score (nSPS) is 27.8. The average molecular weight is 226 g/mol. The van der Waals surface area contributed by atoms with E-state index >= 15 is 0 Å². The monoisotopic (exact) mass is 226 g/mol. The first-order valence-electron chi connectivity index (χ1n) is 6.30. The first-order valence-corrected chi connectivity index (χ1v) is 6.30. The second-order valence-corrected chi connectivity index (χ2v) is 6.28. The Labute approximate surface area is 99.4 Å². The van der Waals surface area contributed by atoms with E-state index in [1.165, 1.54) is 0 Å². The van der Waals surface area contributed by atoms with Gasteiger partial charge in [0.25, 0.3) is 0 Å². The van der Waals surface area contributed by atoms with Gasteiger partial charge < -0.3 is 10.6 Å². The van der Waals surface area contributed by atoms with Crippen LogP contribution in [-0.2, 0) is 4.79 Å². The number of rotatable bonds is 3. The maximum Gasteiger partial charge on any atom is 0.220 e. The fraction of sp³-hybridized carbons (Fsp3) is 0.923.